The van der Waals surface area contributed by atoms with Crippen LogP contribution >= 0.6 is 0 Å². The molecule has 3 aromatic rings. The summed E-state index contributed by atoms with van der Waals surface area (Å²) in [6.45, 7) is 4.83. The molecule has 2 unspecified atom stereocenters. The van der Waals surface area contributed by atoms with Crippen LogP contribution in [0.15, 0.2) is 42.5 Å². The van der Waals surface area contributed by atoms with Gasteiger partial charge >= 0.3 is 0 Å². The monoisotopic (exact) mass is 393 g/mol. The van der Waals surface area contributed by atoms with Gasteiger partial charge in [-0.2, -0.15) is 0 Å². The highest BCUT2D eigenvalue weighted by Crippen LogP contribution is 2.29. The molecule has 0 N–H and O–H groups in total. The largest absolute Gasteiger partial charge is 0.341 e. The summed E-state index contributed by atoms with van der Waals surface area (Å²) in [6, 6.07) is 13.0. The minimum atomic E-state index is -0.224. The lowest BCUT2D eigenvalue weighted by atomic mass is 10.0. The van der Waals surface area contributed by atoms with E-state index in [2.05, 4.69) is 15.2 Å². The van der Waals surface area contributed by atoms with Crippen LogP contribution in [0.1, 0.15) is 30.0 Å². The number of fused-ring (bicyclic) bond motifs is 1. The molecule has 0 spiro atoms. The van der Waals surface area contributed by atoms with Crippen LogP contribution in [0, 0.1) is 12.7 Å². The average molecular weight is 393 g/mol. The first kappa shape index (κ1) is 18.2. The Morgan fingerprint density at radius 2 is 1.97 bits per heavy atom. The Hall–Kier alpha value is -2.80. The maximum atomic E-state index is 13.5. The molecule has 0 bridgehead atoms. The Labute approximate surface area is 168 Å². The number of carbonyl (C=O) groups excluding carboxylic acids is 1. The maximum Gasteiger partial charge on any atom is 0.241 e. The lowest BCUT2D eigenvalue weighted by molar-refractivity contribution is -0.132. The van der Waals surface area contributed by atoms with Crippen molar-refractivity contribution in [2.24, 2.45) is 0 Å². The Balaban J connectivity index is 1.18. The van der Waals surface area contributed by atoms with Crippen LogP contribution in [-0.4, -0.2) is 56.4 Å². The van der Waals surface area contributed by atoms with E-state index in [0.29, 0.717) is 6.54 Å². The lowest BCUT2D eigenvalue weighted by Gasteiger charge is -2.32. The molecule has 1 aromatic heterocycles. The van der Waals surface area contributed by atoms with Gasteiger partial charge in [0, 0.05) is 26.2 Å². The molecule has 1 amide bonds. The first-order valence-electron chi connectivity index (χ1n) is 10.2. The molecule has 0 radical (unpaired) electrons. The minimum absolute atomic E-state index is 0.0681. The molecule has 6 nitrogen and oxygen atoms in total. The summed E-state index contributed by atoms with van der Waals surface area (Å²) in [5.74, 6) is -0.0287. The van der Waals surface area contributed by atoms with Crippen molar-refractivity contribution in [2.45, 2.75) is 38.4 Å². The van der Waals surface area contributed by atoms with Crippen molar-refractivity contribution in [1.29, 1.82) is 0 Å². The second kappa shape index (κ2) is 7.22. The number of benzene rings is 2. The highest BCUT2D eigenvalue weighted by molar-refractivity contribution is 5.85. The van der Waals surface area contributed by atoms with Crippen molar-refractivity contribution in [3.63, 3.8) is 0 Å². The fourth-order valence-electron chi connectivity index (χ4n) is 4.31. The summed E-state index contributed by atoms with van der Waals surface area (Å²) < 4.78 is 15.5. The number of aryl methyl sites for hydroxylation is 1. The van der Waals surface area contributed by atoms with Gasteiger partial charge in [-0.1, -0.05) is 23.4 Å². The smallest absolute Gasteiger partial charge is 0.241 e. The maximum absolute atomic E-state index is 13.5. The van der Waals surface area contributed by atoms with Gasteiger partial charge in [0.1, 0.15) is 17.4 Å². The van der Waals surface area contributed by atoms with Gasteiger partial charge in [0.15, 0.2) is 0 Å². The molecule has 2 aromatic carbocycles. The second-order valence-corrected chi connectivity index (χ2v) is 8.10. The van der Waals surface area contributed by atoms with Crippen molar-refractivity contribution in [3.05, 3.63) is 59.4 Å². The molecule has 7 heteroatoms. The van der Waals surface area contributed by atoms with Crippen molar-refractivity contribution < 1.29 is 9.18 Å². The van der Waals surface area contributed by atoms with Crippen molar-refractivity contribution in [2.75, 3.05) is 19.6 Å². The van der Waals surface area contributed by atoms with Crippen molar-refractivity contribution in [1.82, 2.24) is 24.8 Å². The van der Waals surface area contributed by atoms with Crippen LogP contribution in [0.4, 0.5) is 4.39 Å². The van der Waals surface area contributed by atoms with Crippen LogP contribution < -0.4 is 0 Å². The molecular formula is C22H24FN5O. The summed E-state index contributed by atoms with van der Waals surface area (Å²) in [6.07, 6.45) is 1.77. The summed E-state index contributed by atoms with van der Waals surface area (Å²) in [5, 5.41) is 8.58. The fourth-order valence-corrected chi connectivity index (χ4v) is 4.31. The molecule has 29 heavy (non-hydrogen) atoms. The van der Waals surface area contributed by atoms with E-state index >= 15 is 0 Å². The molecule has 150 valence electrons. The molecule has 2 atom stereocenters. The summed E-state index contributed by atoms with van der Waals surface area (Å²) >= 11 is 0. The first-order chi connectivity index (χ1) is 14.1. The molecule has 3 heterocycles. The first-order valence-corrected chi connectivity index (χ1v) is 10.2. The quantitative estimate of drug-likeness (QED) is 0.640. The Bertz CT molecular complexity index is 1060. The standard InChI is InChI=1S/C22H24FN5O/c1-15-6-7-17(23)12-16(15)13-27-14-21(27)22(29)26-10-8-18(9-11-26)28-20-5-3-2-4-19(20)24-25-28/h2-7,12,18,21H,8-11,13-14H2,1H3. The van der Waals surface area contributed by atoms with Gasteiger partial charge in [-0.15, -0.1) is 5.10 Å². The number of hydrogen-bond acceptors (Lipinski definition) is 4. The van der Waals surface area contributed by atoms with E-state index in [1.807, 2.05) is 40.8 Å². The van der Waals surface area contributed by atoms with Crippen LogP contribution in [0.2, 0.25) is 0 Å². The van der Waals surface area contributed by atoms with E-state index in [0.717, 1.165) is 54.6 Å². The lowest BCUT2D eigenvalue weighted by Crippen LogP contribution is -2.42. The Kier molecular flexibility index (Phi) is 4.54. The molecule has 0 saturated carbocycles. The number of nitrogens with zero attached hydrogens (tertiary/aromatic N) is 5. The molecule has 2 saturated heterocycles. The zero-order valence-electron chi connectivity index (χ0n) is 16.5. The van der Waals surface area contributed by atoms with Gasteiger partial charge in [0.2, 0.25) is 5.91 Å². The highest BCUT2D eigenvalue weighted by atomic mass is 19.1. The average Bonchev–Trinajstić information content (AvgIpc) is 3.37. The Morgan fingerprint density at radius 3 is 2.79 bits per heavy atom. The summed E-state index contributed by atoms with van der Waals surface area (Å²) in [7, 11) is 0. The SMILES string of the molecule is Cc1ccc(F)cc1CN1CC1C(=O)N1CCC(n2nnc3ccccc32)CC1. The topological polar surface area (TPSA) is 54.0 Å². The molecule has 2 aliphatic rings. The third kappa shape index (κ3) is 3.51. The summed E-state index contributed by atoms with van der Waals surface area (Å²) in [5.41, 5.74) is 3.98. The van der Waals surface area contributed by atoms with E-state index in [-0.39, 0.29) is 23.8 Å². The number of amides is 1. The van der Waals surface area contributed by atoms with Crippen LogP contribution in [-0.2, 0) is 11.3 Å². The van der Waals surface area contributed by atoms with Gasteiger partial charge in [-0.05, 0) is 55.2 Å². The minimum Gasteiger partial charge on any atom is -0.341 e. The predicted octanol–water partition coefficient (Wildman–Crippen LogP) is 2.93. The normalized spacial score (nSPS) is 22.2. The number of rotatable bonds is 4. The van der Waals surface area contributed by atoms with E-state index in [1.165, 1.54) is 6.07 Å². The molecule has 0 aliphatic carbocycles. The fraction of sp³-hybridized carbons (Fsp3) is 0.409. The highest BCUT2D eigenvalue weighted by Gasteiger charge is 2.43. The van der Waals surface area contributed by atoms with E-state index in [4.69, 9.17) is 0 Å². The second-order valence-electron chi connectivity index (χ2n) is 8.10. The zero-order chi connectivity index (χ0) is 20.0. The molecule has 2 fully saturated rings. The molecule has 2 aliphatic heterocycles. The van der Waals surface area contributed by atoms with Gasteiger partial charge in [0.05, 0.1) is 11.6 Å². The third-order valence-electron chi connectivity index (χ3n) is 6.18. The van der Waals surface area contributed by atoms with E-state index < -0.39 is 0 Å². The number of piperidine rings is 1. The van der Waals surface area contributed by atoms with Crippen molar-refractivity contribution in [3.8, 4) is 0 Å². The predicted molar refractivity (Wildman–Crippen MR) is 108 cm³/mol. The van der Waals surface area contributed by atoms with Gasteiger partial charge in [-0.25, -0.2) is 9.07 Å². The Morgan fingerprint density at radius 1 is 1.17 bits per heavy atom. The molecular weight excluding hydrogens is 369 g/mol. The van der Waals surface area contributed by atoms with Gasteiger partial charge < -0.3 is 4.90 Å². The molecule has 5 rings (SSSR count). The van der Waals surface area contributed by atoms with E-state index in [9.17, 15) is 9.18 Å². The number of aromatic nitrogens is 3. The van der Waals surface area contributed by atoms with Crippen LogP contribution in [0.25, 0.3) is 11.0 Å². The summed E-state index contributed by atoms with van der Waals surface area (Å²) in [4.78, 5) is 17.0. The number of halogens is 1. The number of para-hydroxylation sites is 1. The number of carbonyl (C=O) groups is 1. The number of likely N-dealkylation sites (tertiary alicyclic amines) is 1. The van der Waals surface area contributed by atoms with Crippen LogP contribution in [0.5, 0.6) is 0 Å². The number of hydrogen-bond donors (Lipinski definition) is 0. The van der Waals surface area contributed by atoms with E-state index in [1.54, 1.807) is 12.1 Å². The van der Waals surface area contributed by atoms with Crippen LogP contribution in [0.3, 0.4) is 0 Å². The third-order valence-corrected chi connectivity index (χ3v) is 6.18. The van der Waals surface area contributed by atoms with Gasteiger partial charge in [-0.3, -0.25) is 9.69 Å². The van der Waals surface area contributed by atoms with Crippen molar-refractivity contribution >= 4 is 16.9 Å². The van der Waals surface area contributed by atoms with Gasteiger partial charge in [0.25, 0.3) is 0 Å². The zero-order valence-corrected chi connectivity index (χ0v) is 16.5.